The van der Waals surface area contributed by atoms with Crippen LogP contribution in [0.15, 0.2) is 23.8 Å². The highest BCUT2D eigenvalue weighted by molar-refractivity contribution is 7.09. The molecule has 1 amide bonds. The third-order valence-corrected chi connectivity index (χ3v) is 4.43. The van der Waals surface area contributed by atoms with Gasteiger partial charge in [-0.25, -0.2) is 4.98 Å². The second-order valence-corrected chi connectivity index (χ2v) is 6.09. The van der Waals surface area contributed by atoms with Crippen LogP contribution < -0.4 is 10.6 Å². The second-order valence-electron chi connectivity index (χ2n) is 5.11. The zero-order chi connectivity index (χ0) is 14.5. The van der Waals surface area contributed by atoms with Crippen LogP contribution >= 0.6 is 11.3 Å². The molecular weight excluding hydrogens is 286 g/mol. The van der Waals surface area contributed by atoms with Crippen molar-refractivity contribution in [1.29, 1.82) is 0 Å². The molecule has 1 atom stereocenters. The van der Waals surface area contributed by atoms with Gasteiger partial charge in [0.25, 0.3) is 5.91 Å². The number of piperidine rings is 1. The van der Waals surface area contributed by atoms with Crippen molar-refractivity contribution < 1.29 is 4.79 Å². The van der Waals surface area contributed by atoms with Gasteiger partial charge in [0.15, 0.2) is 0 Å². The van der Waals surface area contributed by atoms with Crippen molar-refractivity contribution in [3.05, 3.63) is 34.5 Å². The van der Waals surface area contributed by atoms with E-state index in [1.165, 1.54) is 0 Å². The lowest BCUT2D eigenvalue weighted by atomic mass is 10.1. The lowest BCUT2D eigenvalue weighted by Crippen LogP contribution is -2.32. The smallest absolute Gasteiger partial charge is 0.271 e. The number of aromatic nitrogens is 3. The van der Waals surface area contributed by atoms with Crippen LogP contribution in [0.4, 0.5) is 0 Å². The quantitative estimate of drug-likeness (QED) is 0.872. The Hall–Kier alpha value is -1.73. The van der Waals surface area contributed by atoms with E-state index in [0.717, 1.165) is 37.4 Å². The number of amides is 1. The predicted molar refractivity (Wildman–Crippen MR) is 81.5 cm³/mol. The van der Waals surface area contributed by atoms with Crippen molar-refractivity contribution in [2.45, 2.75) is 25.3 Å². The first-order chi connectivity index (χ1) is 10.3. The number of rotatable bonds is 5. The summed E-state index contributed by atoms with van der Waals surface area (Å²) in [6, 6.07) is 2.14. The Kier molecular flexibility index (Phi) is 4.62. The third kappa shape index (κ3) is 3.68. The Morgan fingerprint density at radius 2 is 2.52 bits per heavy atom. The Balaban J connectivity index is 1.51. The van der Waals surface area contributed by atoms with Gasteiger partial charge in [0.05, 0.1) is 11.0 Å². The highest BCUT2D eigenvalue weighted by Crippen LogP contribution is 2.15. The maximum Gasteiger partial charge on any atom is 0.271 e. The zero-order valence-corrected chi connectivity index (χ0v) is 12.6. The summed E-state index contributed by atoms with van der Waals surface area (Å²) in [5.41, 5.74) is 0.486. The lowest BCUT2D eigenvalue weighted by Gasteiger charge is -2.22. The van der Waals surface area contributed by atoms with Gasteiger partial charge in [0, 0.05) is 37.3 Å². The molecule has 0 bridgehead atoms. The number of thiazole rings is 1. The first-order valence-corrected chi connectivity index (χ1v) is 8.13. The molecule has 3 heterocycles. The van der Waals surface area contributed by atoms with Crippen molar-refractivity contribution in [2.75, 3.05) is 19.6 Å². The largest absolute Gasteiger partial charge is 0.350 e. The molecular formula is C14H19N5OS. The van der Waals surface area contributed by atoms with Gasteiger partial charge < -0.3 is 10.6 Å². The van der Waals surface area contributed by atoms with Gasteiger partial charge in [-0.05, 0) is 25.5 Å². The molecule has 1 fully saturated rings. The van der Waals surface area contributed by atoms with Crippen molar-refractivity contribution in [3.63, 3.8) is 0 Å². The van der Waals surface area contributed by atoms with Gasteiger partial charge in [-0.2, -0.15) is 5.10 Å². The molecule has 1 aliphatic rings. The van der Waals surface area contributed by atoms with E-state index in [-0.39, 0.29) is 5.91 Å². The molecule has 2 N–H and O–H groups in total. The van der Waals surface area contributed by atoms with Crippen LogP contribution in [0.2, 0.25) is 0 Å². The molecule has 6 nitrogen and oxygen atoms in total. The zero-order valence-electron chi connectivity index (χ0n) is 11.8. The van der Waals surface area contributed by atoms with Gasteiger partial charge in [-0.1, -0.05) is 0 Å². The molecule has 1 saturated heterocycles. The average molecular weight is 305 g/mol. The first-order valence-electron chi connectivity index (χ1n) is 7.25. The Morgan fingerprint density at radius 3 is 3.29 bits per heavy atom. The van der Waals surface area contributed by atoms with Crippen molar-refractivity contribution in [3.8, 4) is 0 Å². The summed E-state index contributed by atoms with van der Waals surface area (Å²) in [6.07, 6.45) is 6.70. The topological polar surface area (TPSA) is 71.8 Å². The highest BCUT2D eigenvalue weighted by atomic mass is 32.1. The maximum atomic E-state index is 12.0. The van der Waals surface area contributed by atoms with Crippen LogP contribution in [0, 0.1) is 0 Å². The molecule has 0 aromatic carbocycles. The molecule has 7 heteroatoms. The van der Waals surface area contributed by atoms with E-state index in [9.17, 15) is 4.79 Å². The van der Waals surface area contributed by atoms with E-state index in [0.29, 0.717) is 18.3 Å². The SMILES string of the molecule is O=C(NCCc1nccs1)c1ccn([C@@H]2CCCNC2)n1. The monoisotopic (exact) mass is 305 g/mol. The summed E-state index contributed by atoms with van der Waals surface area (Å²) < 4.78 is 1.90. The molecule has 21 heavy (non-hydrogen) atoms. The highest BCUT2D eigenvalue weighted by Gasteiger charge is 2.17. The normalized spacial score (nSPS) is 18.6. The number of nitrogens with zero attached hydrogens (tertiary/aromatic N) is 3. The fourth-order valence-corrected chi connectivity index (χ4v) is 3.09. The van der Waals surface area contributed by atoms with Crippen LogP contribution in [-0.4, -0.2) is 40.3 Å². The van der Waals surface area contributed by atoms with Crippen LogP contribution in [0.25, 0.3) is 0 Å². The van der Waals surface area contributed by atoms with Gasteiger partial charge in [-0.15, -0.1) is 11.3 Å². The lowest BCUT2D eigenvalue weighted by molar-refractivity contribution is 0.0948. The van der Waals surface area contributed by atoms with Crippen molar-refractivity contribution in [1.82, 2.24) is 25.4 Å². The molecule has 0 radical (unpaired) electrons. The molecule has 0 unspecified atom stereocenters. The van der Waals surface area contributed by atoms with E-state index in [2.05, 4.69) is 20.7 Å². The molecule has 112 valence electrons. The number of nitrogens with one attached hydrogen (secondary N) is 2. The van der Waals surface area contributed by atoms with E-state index in [1.54, 1.807) is 23.6 Å². The number of carbonyl (C=O) groups excluding carboxylic acids is 1. The van der Waals surface area contributed by atoms with Gasteiger partial charge in [0.2, 0.25) is 0 Å². The summed E-state index contributed by atoms with van der Waals surface area (Å²) in [7, 11) is 0. The average Bonchev–Trinajstić information content (AvgIpc) is 3.20. The minimum atomic E-state index is -0.117. The minimum absolute atomic E-state index is 0.117. The van der Waals surface area contributed by atoms with Gasteiger partial charge in [0.1, 0.15) is 5.69 Å². The van der Waals surface area contributed by atoms with E-state index in [1.807, 2.05) is 16.3 Å². The first kappa shape index (κ1) is 14.2. The standard InChI is InChI=1S/C14H19N5OS/c20-14(17-6-3-13-16-7-9-21-13)12-4-8-19(18-12)11-2-1-5-15-10-11/h4,7-9,11,15H,1-3,5-6,10H2,(H,17,20)/t11-/m1/s1. The number of hydrogen-bond acceptors (Lipinski definition) is 5. The minimum Gasteiger partial charge on any atom is -0.350 e. The molecule has 0 aliphatic carbocycles. The van der Waals surface area contributed by atoms with Crippen LogP contribution in [0.1, 0.15) is 34.4 Å². The third-order valence-electron chi connectivity index (χ3n) is 3.59. The van der Waals surface area contributed by atoms with E-state index >= 15 is 0 Å². The molecule has 2 aromatic heterocycles. The molecule has 0 spiro atoms. The summed E-state index contributed by atoms with van der Waals surface area (Å²) in [6.45, 7) is 2.58. The molecule has 1 aliphatic heterocycles. The Labute approximate surface area is 127 Å². The van der Waals surface area contributed by atoms with Crippen LogP contribution in [0.5, 0.6) is 0 Å². The summed E-state index contributed by atoms with van der Waals surface area (Å²) in [5.74, 6) is -0.117. The fourth-order valence-electron chi connectivity index (χ4n) is 2.47. The molecule has 2 aromatic rings. The van der Waals surface area contributed by atoms with Gasteiger partial charge >= 0.3 is 0 Å². The van der Waals surface area contributed by atoms with Crippen molar-refractivity contribution in [2.24, 2.45) is 0 Å². The summed E-state index contributed by atoms with van der Waals surface area (Å²) in [5, 5.41) is 13.6. The Bertz CT molecular complexity index is 574. The van der Waals surface area contributed by atoms with E-state index in [4.69, 9.17) is 0 Å². The molecule has 0 saturated carbocycles. The second kappa shape index (κ2) is 6.82. The fraction of sp³-hybridized carbons (Fsp3) is 0.500. The molecule has 3 rings (SSSR count). The van der Waals surface area contributed by atoms with Crippen molar-refractivity contribution >= 4 is 17.2 Å². The predicted octanol–water partition coefficient (Wildman–Crippen LogP) is 1.24. The summed E-state index contributed by atoms with van der Waals surface area (Å²) in [4.78, 5) is 16.2. The van der Waals surface area contributed by atoms with Crippen LogP contribution in [-0.2, 0) is 6.42 Å². The summed E-state index contributed by atoms with van der Waals surface area (Å²) >= 11 is 1.60. The Morgan fingerprint density at radius 1 is 1.57 bits per heavy atom. The number of hydrogen-bond donors (Lipinski definition) is 2. The number of carbonyl (C=O) groups is 1. The maximum absolute atomic E-state index is 12.0. The van der Waals surface area contributed by atoms with Gasteiger partial charge in [-0.3, -0.25) is 9.48 Å². The van der Waals surface area contributed by atoms with E-state index < -0.39 is 0 Å². The van der Waals surface area contributed by atoms with Crippen LogP contribution in [0.3, 0.4) is 0 Å².